The minimum atomic E-state index is -2.23. The Morgan fingerprint density at radius 3 is 2.79 bits per heavy atom. The fourth-order valence-electron chi connectivity index (χ4n) is 0.886. The van der Waals surface area contributed by atoms with Gasteiger partial charge < -0.3 is 4.55 Å². The van der Waals surface area contributed by atoms with Crippen LogP contribution in [0.4, 0.5) is 0 Å². The van der Waals surface area contributed by atoms with E-state index in [9.17, 15) is 8.76 Å². The molecule has 2 aromatic heterocycles. The van der Waals surface area contributed by atoms with E-state index in [0.717, 1.165) is 11.3 Å². The molecule has 0 fully saturated rings. The van der Waals surface area contributed by atoms with Crippen molar-refractivity contribution in [1.29, 1.82) is 0 Å². The van der Waals surface area contributed by atoms with Gasteiger partial charge >= 0.3 is 29.6 Å². The van der Waals surface area contributed by atoms with E-state index < -0.39 is 11.1 Å². The maximum atomic E-state index is 10.6. The van der Waals surface area contributed by atoms with Gasteiger partial charge in [-0.2, -0.15) is 0 Å². The Hall–Kier alpha value is 0.440. The zero-order valence-corrected chi connectivity index (χ0v) is 11.4. The van der Waals surface area contributed by atoms with Gasteiger partial charge in [0.05, 0.1) is 14.4 Å². The maximum absolute atomic E-state index is 10.6. The second-order valence-corrected chi connectivity index (χ2v) is 4.76. The Kier molecular flexibility index (Phi) is 4.45. The number of nitrogens with zero attached hydrogens (tertiary/aromatic N) is 2. The minimum absolute atomic E-state index is 0. The van der Waals surface area contributed by atoms with Crippen LogP contribution in [0.2, 0.25) is 5.15 Å². The summed E-state index contributed by atoms with van der Waals surface area (Å²) in [5.74, 6) is 0. The summed E-state index contributed by atoms with van der Waals surface area (Å²) in [6, 6.07) is 1.47. The molecular weight excluding hydrogens is 255 g/mol. The van der Waals surface area contributed by atoms with Crippen molar-refractivity contribution in [2.24, 2.45) is 0 Å². The molecule has 2 heterocycles. The Balaban J connectivity index is 0.000000980. The van der Waals surface area contributed by atoms with E-state index in [1.807, 2.05) is 0 Å². The third-order valence-corrected chi connectivity index (χ3v) is 3.84. The zero-order valence-electron chi connectivity index (χ0n) is 7.06. The fraction of sp³-hybridized carbons (Fsp3) is 0. The van der Waals surface area contributed by atoms with Gasteiger partial charge in [-0.05, 0) is 17.1 Å². The van der Waals surface area contributed by atoms with E-state index in [2.05, 4.69) is 9.97 Å². The molecule has 68 valence electrons. The Bertz CT molecular complexity index is 490. The zero-order chi connectivity index (χ0) is 9.42. The fourth-order valence-corrected chi connectivity index (χ4v) is 2.60. The molecule has 0 aromatic carbocycles. The van der Waals surface area contributed by atoms with E-state index in [0.29, 0.717) is 10.2 Å². The number of hydrogen-bond donors (Lipinski definition) is 0. The standard InChI is InChI=1S/C6H3ClN2O2S2.Na/c7-6-5-3(8-2-9-6)1-4(12-5)13(10)11;/h1-2H,(H,10,11);/q;+1/p-1. The second kappa shape index (κ2) is 4.98. The summed E-state index contributed by atoms with van der Waals surface area (Å²) in [5, 5.41) is 0.284. The Morgan fingerprint density at radius 2 is 2.21 bits per heavy atom. The van der Waals surface area contributed by atoms with Crippen molar-refractivity contribution in [1.82, 2.24) is 9.97 Å². The molecule has 0 aliphatic carbocycles. The van der Waals surface area contributed by atoms with Crippen molar-refractivity contribution < 1.29 is 38.3 Å². The number of thiophene rings is 1. The van der Waals surface area contributed by atoms with Crippen LogP contribution in [0.25, 0.3) is 10.2 Å². The molecule has 2 rings (SSSR count). The third kappa shape index (κ3) is 2.33. The first-order valence-electron chi connectivity index (χ1n) is 3.18. The number of halogens is 1. The van der Waals surface area contributed by atoms with Gasteiger partial charge in [0, 0.05) is 0 Å². The van der Waals surface area contributed by atoms with Crippen LogP contribution >= 0.6 is 22.9 Å². The van der Waals surface area contributed by atoms with Crippen molar-refractivity contribution in [3.63, 3.8) is 0 Å². The van der Waals surface area contributed by atoms with Gasteiger partial charge in [-0.3, -0.25) is 4.21 Å². The summed E-state index contributed by atoms with van der Waals surface area (Å²) in [6.07, 6.45) is 1.30. The minimum Gasteiger partial charge on any atom is -0.768 e. The van der Waals surface area contributed by atoms with Crippen molar-refractivity contribution in [2.75, 3.05) is 0 Å². The normalized spacial score (nSPS) is 12.4. The Labute approximate surface area is 113 Å². The first-order chi connectivity index (χ1) is 6.18. The summed E-state index contributed by atoms with van der Waals surface area (Å²) in [4.78, 5) is 7.63. The van der Waals surface area contributed by atoms with Gasteiger partial charge in [-0.25, -0.2) is 9.97 Å². The maximum Gasteiger partial charge on any atom is 1.00 e. The summed E-state index contributed by atoms with van der Waals surface area (Å²) in [5.41, 5.74) is 0.559. The molecule has 0 N–H and O–H groups in total. The summed E-state index contributed by atoms with van der Waals surface area (Å²) in [7, 11) is 0. The summed E-state index contributed by atoms with van der Waals surface area (Å²) < 4.78 is 22.0. The molecule has 0 saturated carbocycles. The second-order valence-electron chi connectivity index (χ2n) is 2.18. The van der Waals surface area contributed by atoms with Crippen LogP contribution in [-0.2, 0) is 11.1 Å². The molecule has 0 aliphatic heterocycles. The molecule has 14 heavy (non-hydrogen) atoms. The van der Waals surface area contributed by atoms with E-state index in [1.54, 1.807) is 0 Å². The van der Waals surface area contributed by atoms with Crippen molar-refractivity contribution >= 4 is 44.2 Å². The molecule has 0 amide bonds. The molecule has 1 atom stereocenters. The van der Waals surface area contributed by atoms with Crippen molar-refractivity contribution in [3.05, 3.63) is 17.5 Å². The first-order valence-corrected chi connectivity index (χ1v) is 5.45. The Morgan fingerprint density at radius 1 is 1.50 bits per heavy atom. The number of rotatable bonds is 1. The van der Waals surface area contributed by atoms with Gasteiger partial charge in [-0.15, -0.1) is 11.3 Å². The largest absolute Gasteiger partial charge is 1.00 e. The van der Waals surface area contributed by atoms with Gasteiger partial charge in [0.2, 0.25) is 0 Å². The topological polar surface area (TPSA) is 65.9 Å². The number of fused-ring (bicyclic) bond motifs is 1. The molecule has 0 radical (unpaired) electrons. The molecule has 8 heteroatoms. The molecule has 0 saturated heterocycles. The van der Waals surface area contributed by atoms with E-state index in [4.69, 9.17) is 11.6 Å². The van der Waals surface area contributed by atoms with Crippen LogP contribution in [0.3, 0.4) is 0 Å². The monoisotopic (exact) mass is 256 g/mol. The molecule has 2 aromatic rings. The SMILES string of the molecule is O=S([O-])c1cc2ncnc(Cl)c2s1.[Na+]. The van der Waals surface area contributed by atoms with E-state index >= 15 is 0 Å². The molecule has 1 unspecified atom stereocenters. The van der Waals surface area contributed by atoms with Gasteiger partial charge in [-0.1, -0.05) is 11.6 Å². The van der Waals surface area contributed by atoms with Gasteiger partial charge in [0.1, 0.15) is 11.5 Å². The van der Waals surface area contributed by atoms with Crippen LogP contribution in [-0.4, -0.2) is 18.7 Å². The van der Waals surface area contributed by atoms with E-state index in [1.165, 1.54) is 12.4 Å². The average Bonchev–Trinajstić information content (AvgIpc) is 2.49. The number of hydrogen-bond acceptors (Lipinski definition) is 5. The predicted molar refractivity (Wildman–Crippen MR) is 49.6 cm³/mol. The van der Waals surface area contributed by atoms with Crippen LogP contribution in [0.5, 0.6) is 0 Å². The van der Waals surface area contributed by atoms with Gasteiger partial charge in [0.15, 0.2) is 0 Å². The average molecular weight is 257 g/mol. The van der Waals surface area contributed by atoms with Crippen LogP contribution in [0.15, 0.2) is 16.6 Å². The summed E-state index contributed by atoms with van der Waals surface area (Å²) >= 11 is 4.57. The van der Waals surface area contributed by atoms with E-state index in [-0.39, 0.29) is 38.9 Å². The number of aromatic nitrogens is 2. The van der Waals surface area contributed by atoms with Crippen LogP contribution in [0, 0.1) is 0 Å². The molecule has 4 nitrogen and oxygen atoms in total. The summed E-state index contributed by atoms with van der Waals surface area (Å²) in [6.45, 7) is 0. The smallest absolute Gasteiger partial charge is 0.768 e. The van der Waals surface area contributed by atoms with Gasteiger partial charge in [0.25, 0.3) is 0 Å². The molecule has 0 spiro atoms. The van der Waals surface area contributed by atoms with Crippen molar-refractivity contribution in [2.45, 2.75) is 4.21 Å². The molecule has 0 bridgehead atoms. The van der Waals surface area contributed by atoms with Crippen LogP contribution < -0.4 is 29.6 Å². The third-order valence-electron chi connectivity index (χ3n) is 1.41. The first kappa shape index (κ1) is 12.5. The predicted octanol–water partition coefficient (Wildman–Crippen LogP) is -1.41. The molecular formula is C6H2ClN2NaO2S2. The quantitative estimate of drug-likeness (QED) is 0.357. The van der Waals surface area contributed by atoms with Crippen molar-refractivity contribution in [3.8, 4) is 0 Å². The van der Waals surface area contributed by atoms with Crippen LogP contribution in [0.1, 0.15) is 0 Å². The molecule has 0 aliphatic rings.